The van der Waals surface area contributed by atoms with Crippen molar-refractivity contribution in [3.05, 3.63) is 42.5 Å². The van der Waals surface area contributed by atoms with Crippen LogP contribution in [0.4, 0.5) is 0 Å². The van der Waals surface area contributed by atoms with Crippen molar-refractivity contribution in [3.63, 3.8) is 0 Å². The molecule has 1 N–H and O–H groups in total. The molecule has 0 aliphatic rings. The van der Waals surface area contributed by atoms with Crippen molar-refractivity contribution in [2.75, 3.05) is 14.2 Å². The van der Waals surface area contributed by atoms with Gasteiger partial charge in [0, 0.05) is 6.04 Å². The summed E-state index contributed by atoms with van der Waals surface area (Å²) in [5.74, 6) is 0.960. The minimum Gasteiger partial charge on any atom is -0.496 e. The summed E-state index contributed by atoms with van der Waals surface area (Å²) in [4.78, 5) is 0. The molecule has 0 saturated carbocycles. The monoisotopic (exact) mass is 205 g/mol. The number of nitrogens with one attached hydrogen (secondary N) is 1. The Morgan fingerprint density at radius 2 is 2.20 bits per heavy atom. The van der Waals surface area contributed by atoms with Crippen LogP contribution < -0.4 is 10.1 Å². The third-order valence-electron chi connectivity index (χ3n) is 2.52. The van der Waals surface area contributed by atoms with Crippen molar-refractivity contribution in [3.8, 4) is 5.75 Å². The minimum absolute atomic E-state index is 0.429. The Balaban J connectivity index is 2.73. The second-order valence-corrected chi connectivity index (χ2v) is 3.53. The van der Waals surface area contributed by atoms with Gasteiger partial charge in [0.05, 0.1) is 7.11 Å². The Morgan fingerprint density at radius 1 is 1.47 bits per heavy atom. The van der Waals surface area contributed by atoms with Gasteiger partial charge in [-0.05, 0) is 31.5 Å². The smallest absolute Gasteiger partial charge is 0.122 e. The van der Waals surface area contributed by atoms with Crippen LogP contribution in [0.3, 0.4) is 0 Å². The van der Waals surface area contributed by atoms with Crippen molar-refractivity contribution in [2.45, 2.75) is 18.9 Å². The van der Waals surface area contributed by atoms with E-state index in [0.29, 0.717) is 6.04 Å². The number of ether oxygens (including phenoxy) is 1. The molecular weight excluding hydrogens is 186 g/mol. The normalized spacial score (nSPS) is 12.1. The zero-order chi connectivity index (χ0) is 11.1. The van der Waals surface area contributed by atoms with Crippen molar-refractivity contribution in [2.24, 2.45) is 0 Å². The fraction of sp³-hybridized carbons (Fsp3) is 0.385. The van der Waals surface area contributed by atoms with E-state index < -0.39 is 0 Å². The Kier molecular flexibility index (Phi) is 4.91. The van der Waals surface area contributed by atoms with E-state index in [9.17, 15) is 0 Å². The molecule has 0 radical (unpaired) electrons. The van der Waals surface area contributed by atoms with E-state index in [0.717, 1.165) is 18.6 Å². The third kappa shape index (κ3) is 3.40. The molecule has 15 heavy (non-hydrogen) atoms. The molecule has 0 aliphatic carbocycles. The van der Waals surface area contributed by atoms with E-state index in [1.807, 2.05) is 31.3 Å². The fourth-order valence-corrected chi connectivity index (χ4v) is 1.64. The number of hydrogen-bond donors (Lipinski definition) is 1. The molecular formula is C13H19NO. The van der Waals surface area contributed by atoms with Crippen LogP contribution >= 0.6 is 0 Å². The molecule has 0 spiro atoms. The Morgan fingerprint density at radius 3 is 2.80 bits per heavy atom. The molecule has 0 saturated heterocycles. The second kappa shape index (κ2) is 6.25. The predicted octanol–water partition coefficient (Wildman–Crippen LogP) is 2.40. The number of hydrogen-bond acceptors (Lipinski definition) is 2. The molecule has 1 unspecified atom stereocenters. The Labute approximate surface area is 92.0 Å². The Hall–Kier alpha value is -1.28. The van der Waals surface area contributed by atoms with E-state index in [4.69, 9.17) is 4.74 Å². The van der Waals surface area contributed by atoms with Crippen molar-refractivity contribution >= 4 is 0 Å². The first kappa shape index (κ1) is 11.8. The van der Waals surface area contributed by atoms with Crippen molar-refractivity contribution < 1.29 is 4.74 Å². The molecule has 82 valence electrons. The van der Waals surface area contributed by atoms with Gasteiger partial charge in [-0.25, -0.2) is 0 Å². The third-order valence-corrected chi connectivity index (χ3v) is 2.52. The highest BCUT2D eigenvalue weighted by molar-refractivity contribution is 5.33. The molecule has 2 heteroatoms. The number of methoxy groups -OCH3 is 1. The van der Waals surface area contributed by atoms with Crippen LogP contribution in [0.2, 0.25) is 0 Å². The van der Waals surface area contributed by atoms with E-state index in [-0.39, 0.29) is 0 Å². The maximum atomic E-state index is 5.32. The molecule has 0 amide bonds. The SMILES string of the molecule is C=CCC(Cc1ccccc1OC)NC. The average Bonchev–Trinajstić information content (AvgIpc) is 2.29. The summed E-state index contributed by atoms with van der Waals surface area (Å²) >= 11 is 0. The summed E-state index contributed by atoms with van der Waals surface area (Å²) in [6, 6.07) is 8.56. The summed E-state index contributed by atoms with van der Waals surface area (Å²) in [6.07, 6.45) is 3.87. The van der Waals surface area contributed by atoms with E-state index >= 15 is 0 Å². The molecule has 0 heterocycles. The second-order valence-electron chi connectivity index (χ2n) is 3.53. The van der Waals surface area contributed by atoms with Crippen LogP contribution in [-0.4, -0.2) is 20.2 Å². The van der Waals surface area contributed by atoms with Crippen LogP contribution in [0, 0.1) is 0 Å². The van der Waals surface area contributed by atoms with Gasteiger partial charge < -0.3 is 10.1 Å². The lowest BCUT2D eigenvalue weighted by Gasteiger charge is -2.16. The number of rotatable bonds is 6. The molecule has 1 atom stereocenters. The molecule has 0 fully saturated rings. The first-order valence-corrected chi connectivity index (χ1v) is 5.21. The van der Waals surface area contributed by atoms with E-state index in [2.05, 4.69) is 18.0 Å². The quantitative estimate of drug-likeness (QED) is 0.720. The lowest BCUT2D eigenvalue weighted by atomic mass is 10.0. The highest BCUT2D eigenvalue weighted by Gasteiger charge is 2.08. The van der Waals surface area contributed by atoms with Gasteiger partial charge in [0.15, 0.2) is 0 Å². The van der Waals surface area contributed by atoms with E-state index in [1.165, 1.54) is 5.56 Å². The summed E-state index contributed by atoms with van der Waals surface area (Å²) in [6.45, 7) is 3.76. The summed E-state index contributed by atoms with van der Waals surface area (Å²) in [5, 5.41) is 3.28. The van der Waals surface area contributed by atoms with Crippen LogP contribution in [0.1, 0.15) is 12.0 Å². The van der Waals surface area contributed by atoms with Crippen molar-refractivity contribution in [1.29, 1.82) is 0 Å². The highest BCUT2D eigenvalue weighted by Crippen LogP contribution is 2.19. The lowest BCUT2D eigenvalue weighted by Crippen LogP contribution is -2.26. The molecule has 0 bridgehead atoms. The zero-order valence-corrected chi connectivity index (χ0v) is 9.49. The standard InChI is InChI=1S/C13H19NO/c1-4-7-12(14-2)10-11-8-5-6-9-13(11)15-3/h4-6,8-9,12,14H,1,7,10H2,2-3H3. The first-order chi connectivity index (χ1) is 7.31. The van der Waals surface area contributed by atoms with Gasteiger partial charge in [-0.1, -0.05) is 24.3 Å². The summed E-state index contributed by atoms with van der Waals surface area (Å²) < 4.78 is 5.32. The van der Waals surface area contributed by atoms with Crippen LogP contribution in [0.5, 0.6) is 5.75 Å². The lowest BCUT2D eigenvalue weighted by molar-refractivity contribution is 0.406. The van der Waals surface area contributed by atoms with E-state index in [1.54, 1.807) is 7.11 Å². The number of likely N-dealkylation sites (N-methyl/N-ethyl adjacent to an activating group) is 1. The molecule has 2 nitrogen and oxygen atoms in total. The van der Waals surface area contributed by atoms with Gasteiger partial charge in [-0.2, -0.15) is 0 Å². The Bertz CT molecular complexity index is 309. The molecule has 1 aromatic rings. The van der Waals surface area contributed by atoms with Crippen LogP contribution in [0.15, 0.2) is 36.9 Å². The fourth-order valence-electron chi connectivity index (χ4n) is 1.64. The first-order valence-electron chi connectivity index (χ1n) is 5.21. The number of para-hydroxylation sites is 1. The minimum atomic E-state index is 0.429. The highest BCUT2D eigenvalue weighted by atomic mass is 16.5. The van der Waals surface area contributed by atoms with Gasteiger partial charge >= 0.3 is 0 Å². The average molecular weight is 205 g/mol. The van der Waals surface area contributed by atoms with Gasteiger partial charge in [-0.15, -0.1) is 6.58 Å². The number of benzene rings is 1. The predicted molar refractivity (Wildman–Crippen MR) is 64.4 cm³/mol. The topological polar surface area (TPSA) is 21.3 Å². The van der Waals surface area contributed by atoms with Gasteiger partial charge in [0.1, 0.15) is 5.75 Å². The zero-order valence-electron chi connectivity index (χ0n) is 9.49. The molecule has 1 aromatic carbocycles. The summed E-state index contributed by atoms with van der Waals surface area (Å²) in [7, 11) is 3.68. The molecule has 0 aromatic heterocycles. The van der Waals surface area contributed by atoms with Gasteiger partial charge in [0.2, 0.25) is 0 Å². The summed E-state index contributed by atoms with van der Waals surface area (Å²) in [5.41, 5.74) is 1.24. The maximum Gasteiger partial charge on any atom is 0.122 e. The van der Waals surface area contributed by atoms with Crippen LogP contribution in [-0.2, 0) is 6.42 Å². The molecule has 1 rings (SSSR count). The maximum absolute atomic E-state index is 5.32. The van der Waals surface area contributed by atoms with Gasteiger partial charge in [0.25, 0.3) is 0 Å². The van der Waals surface area contributed by atoms with Crippen molar-refractivity contribution in [1.82, 2.24) is 5.32 Å². The van der Waals surface area contributed by atoms with Gasteiger partial charge in [-0.3, -0.25) is 0 Å². The van der Waals surface area contributed by atoms with Crippen LogP contribution in [0.25, 0.3) is 0 Å². The molecule has 0 aliphatic heterocycles. The largest absolute Gasteiger partial charge is 0.496 e.